The van der Waals surface area contributed by atoms with Gasteiger partial charge in [-0.15, -0.1) is 0 Å². The van der Waals surface area contributed by atoms with Crippen molar-refractivity contribution in [3.63, 3.8) is 0 Å². The summed E-state index contributed by atoms with van der Waals surface area (Å²) in [6.07, 6.45) is 7.15. The normalized spacial score (nSPS) is 22.6. The van der Waals surface area contributed by atoms with E-state index < -0.39 is 6.10 Å². The van der Waals surface area contributed by atoms with Crippen molar-refractivity contribution in [2.75, 3.05) is 36.5 Å². The third-order valence-electron chi connectivity index (χ3n) is 7.74. The molecular formula is C30H33N3O3. The summed E-state index contributed by atoms with van der Waals surface area (Å²) in [6.45, 7) is 2.70. The zero-order valence-electron chi connectivity index (χ0n) is 20.5. The first kappa shape index (κ1) is 23.1. The minimum atomic E-state index is -0.585. The number of hydrogen-bond donors (Lipinski definition) is 2. The van der Waals surface area contributed by atoms with E-state index in [4.69, 9.17) is 4.74 Å². The van der Waals surface area contributed by atoms with Gasteiger partial charge in [-0.3, -0.25) is 9.69 Å². The molecule has 186 valence electrons. The lowest BCUT2D eigenvalue weighted by molar-refractivity contribution is -0.116. The molecule has 4 heterocycles. The van der Waals surface area contributed by atoms with Gasteiger partial charge in [0.15, 0.2) is 0 Å². The molecule has 0 radical (unpaired) electrons. The Hall–Kier alpha value is -3.35. The maximum atomic E-state index is 11.7. The Morgan fingerprint density at radius 2 is 1.78 bits per heavy atom. The number of rotatable bonds is 6. The van der Waals surface area contributed by atoms with Gasteiger partial charge in [0.1, 0.15) is 18.5 Å². The summed E-state index contributed by atoms with van der Waals surface area (Å²) < 4.78 is 6.06. The Morgan fingerprint density at radius 1 is 0.944 bits per heavy atom. The fraction of sp³-hybridized carbons (Fsp3) is 0.367. The molecule has 4 aliphatic rings. The Morgan fingerprint density at radius 3 is 2.67 bits per heavy atom. The first-order valence-electron chi connectivity index (χ1n) is 13.0. The monoisotopic (exact) mass is 483 g/mol. The van der Waals surface area contributed by atoms with Gasteiger partial charge in [-0.2, -0.15) is 0 Å². The van der Waals surface area contributed by atoms with Crippen LogP contribution in [-0.2, 0) is 11.2 Å². The second-order valence-corrected chi connectivity index (χ2v) is 10.2. The molecule has 3 unspecified atom stereocenters. The van der Waals surface area contributed by atoms with Gasteiger partial charge in [-0.05, 0) is 54.3 Å². The topological polar surface area (TPSA) is 65.0 Å². The quantitative estimate of drug-likeness (QED) is 0.510. The van der Waals surface area contributed by atoms with Crippen molar-refractivity contribution in [1.29, 1.82) is 0 Å². The molecule has 3 aromatic carbocycles. The molecule has 1 saturated heterocycles. The summed E-state index contributed by atoms with van der Waals surface area (Å²) in [5.74, 6) is 0.796. The average molecular weight is 484 g/mol. The first-order valence-corrected chi connectivity index (χ1v) is 13.0. The van der Waals surface area contributed by atoms with Gasteiger partial charge in [0, 0.05) is 55.1 Å². The van der Waals surface area contributed by atoms with Crippen molar-refractivity contribution >= 4 is 28.1 Å². The molecule has 0 spiro atoms. The molecule has 3 atom stereocenters. The highest BCUT2D eigenvalue weighted by molar-refractivity contribution is 5.94. The fourth-order valence-corrected chi connectivity index (χ4v) is 5.87. The molecule has 3 aromatic rings. The Labute approximate surface area is 212 Å². The molecule has 4 aliphatic heterocycles. The molecule has 2 N–H and O–H groups in total. The van der Waals surface area contributed by atoms with Crippen LogP contribution in [0.5, 0.6) is 5.75 Å². The SMILES string of the molecule is O=C1CCc2c(cccc2OCC(O)CN2CC3CC=CCC2CN3c2ccc3ccccc3c2)N1. The summed E-state index contributed by atoms with van der Waals surface area (Å²) in [4.78, 5) is 16.7. The van der Waals surface area contributed by atoms with E-state index in [0.717, 1.165) is 42.9 Å². The number of benzene rings is 3. The summed E-state index contributed by atoms with van der Waals surface area (Å²) in [7, 11) is 0. The van der Waals surface area contributed by atoms with E-state index in [1.54, 1.807) is 0 Å². The lowest BCUT2D eigenvalue weighted by Crippen LogP contribution is -2.60. The fourth-order valence-electron chi connectivity index (χ4n) is 5.87. The molecule has 1 amide bonds. The Bertz CT molecular complexity index is 1290. The van der Waals surface area contributed by atoms with Gasteiger partial charge in [-0.1, -0.05) is 48.6 Å². The number of anilines is 2. The molecule has 6 nitrogen and oxygen atoms in total. The molecule has 0 aromatic heterocycles. The van der Waals surface area contributed by atoms with E-state index in [0.29, 0.717) is 31.5 Å². The lowest BCUT2D eigenvalue weighted by Gasteiger charge is -2.48. The predicted octanol–water partition coefficient (Wildman–Crippen LogP) is 4.37. The van der Waals surface area contributed by atoms with Gasteiger partial charge in [0.25, 0.3) is 0 Å². The maximum absolute atomic E-state index is 11.7. The number of nitrogens with zero attached hydrogens (tertiary/aromatic N) is 2. The molecule has 1 fully saturated rings. The molecular weight excluding hydrogens is 450 g/mol. The number of fused-ring (bicyclic) bond motifs is 6. The summed E-state index contributed by atoms with van der Waals surface area (Å²) in [6, 6.07) is 21.7. The van der Waals surface area contributed by atoms with Gasteiger partial charge in [0.2, 0.25) is 5.91 Å². The van der Waals surface area contributed by atoms with Crippen LogP contribution in [0, 0.1) is 0 Å². The minimum Gasteiger partial charge on any atom is -0.490 e. The van der Waals surface area contributed by atoms with E-state index in [2.05, 4.69) is 69.7 Å². The molecule has 6 heteroatoms. The molecule has 36 heavy (non-hydrogen) atoms. The summed E-state index contributed by atoms with van der Waals surface area (Å²) >= 11 is 0. The van der Waals surface area contributed by atoms with Crippen LogP contribution >= 0.6 is 0 Å². The lowest BCUT2D eigenvalue weighted by atomic mass is 9.96. The standard InChI is InChI=1S/C30H33N3O3/c34-26(20-36-29-11-5-10-28-27(29)14-15-30(35)31-28)19-32-17-25-9-4-3-8-24(32)18-33(25)23-13-12-21-6-1-2-7-22(21)16-23/h1-7,10-13,16,24-26,34H,8-9,14-15,17-20H2,(H,31,35). The average Bonchev–Trinajstić information content (AvgIpc) is 2.87. The Kier molecular flexibility index (Phi) is 6.38. The number of aliphatic hydroxyl groups excluding tert-OH is 1. The zero-order valence-corrected chi connectivity index (χ0v) is 20.5. The van der Waals surface area contributed by atoms with E-state index in [-0.39, 0.29) is 12.5 Å². The largest absolute Gasteiger partial charge is 0.490 e. The highest BCUT2D eigenvalue weighted by atomic mass is 16.5. The number of hydrogen-bond acceptors (Lipinski definition) is 5. The van der Waals surface area contributed by atoms with Crippen LogP contribution in [0.3, 0.4) is 0 Å². The van der Waals surface area contributed by atoms with E-state index >= 15 is 0 Å². The van der Waals surface area contributed by atoms with Gasteiger partial charge in [0.05, 0.1) is 0 Å². The van der Waals surface area contributed by atoms with Crippen LogP contribution in [0.15, 0.2) is 72.8 Å². The van der Waals surface area contributed by atoms with Crippen molar-refractivity contribution in [3.05, 3.63) is 78.4 Å². The summed E-state index contributed by atoms with van der Waals surface area (Å²) in [5, 5.41) is 16.4. The van der Waals surface area contributed by atoms with Crippen molar-refractivity contribution in [1.82, 2.24) is 4.90 Å². The van der Waals surface area contributed by atoms with Gasteiger partial charge < -0.3 is 20.1 Å². The molecule has 2 bridgehead atoms. The molecule has 0 saturated carbocycles. The number of aliphatic hydroxyl groups is 1. The maximum Gasteiger partial charge on any atom is 0.224 e. The zero-order chi connectivity index (χ0) is 24.5. The van der Waals surface area contributed by atoms with Crippen LogP contribution < -0.4 is 15.0 Å². The van der Waals surface area contributed by atoms with E-state index in [1.807, 2.05) is 18.2 Å². The second-order valence-electron chi connectivity index (χ2n) is 10.2. The number of carbonyl (C=O) groups excluding carboxylic acids is 1. The van der Waals surface area contributed by atoms with Crippen molar-refractivity contribution in [3.8, 4) is 5.75 Å². The van der Waals surface area contributed by atoms with Crippen LogP contribution in [0.25, 0.3) is 10.8 Å². The number of carbonyl (C=O) groups is 1. The van der Waals surface area contributed by atoms with Crippen LogP contribution in [0.1, 0.15) is 24.8 Å². The number of amides is 1. The summed E-state index contributed by atoms with van der Waals surface area (Å²) in [5.41, 5.74) is 3.12. The first-order chi connectivity index (χ1) is 17.6. The third-order valence-corrected chi connectivity index (χ3v) is 7.74. The van der Waals surface area contributed by atoms with Crippen molar-refractivity contribution in [2.24, 2.45) is 0 Å². The van der Waals surface area contributed by atoms with Crippen LogP contribution in [0.2, 0.25) is 0 Å². The number of ether oxygens (including phenoxy) is 1. The van der Waals surface area contributed by atoms with Gasteiger partial charge in [-0.25, -0.2) is 0 Å². The van der Waals surface area contributed by atoms with Gasteiger partial charge >= 0.3 is 0 Å². The van der Waals surface area contributed by atoms with Crippen molar-refractivity contribution < 1.29 is 14.6 Å². The third kappa shape index (κ3) is 4.71. The highest BCUT2D eigenvalue weighted by Crippen LogP contribution is 2.32. The number of piperazine rings is 1. The Balaban J connectivity index is 1.12. The minimum absolute atomic E-state index is 0.0404. The smallest absolute Gasteiger partial charge is 0.224 e. The molecule has 0 aliphatic carbocycles. The van der Waals surface area contributed by atoms with Crippen LogP contribution in [0.4, 0.5) is 11.4 Å². The number of nitrogens with one attached hydrogen (secondary N) is 1. The predicted molar refractivity (Wildman–Crippen MR) is 144 cm³/mol. The van der Waals surface area contributed by atoms with E-state index in [1.165, 1.54) is 16.5 Å². The van der Waals surface area contributed by atoms with Crippen LogP contribution in [-0.4, -0.2) is 60.3 Å². The molecule has 7 rings (SSSR count). The highest BCUT2D eigenvalue weighted by Gasteiger charge is 2.35. The van der Waals surface area contributed by atoms with Crippen molar-refractivity contribution in [2.45, 2.75) is 43.9 Å². The van der Waals surface area contributed by atoms with E-state index in [9.17, 15) is 9.90 Å². The second kappa shape index (κ2) is 9.96.